The number of nitrogens with zero attached hydrogens (tertiary/aromatic N) is 2. The van der Waals surface area contributed by atoms with Gasteiger partial charge in [-0.2, -0.15) is 0 Å². The Balaban J connectivity index is 2.66. The molecule has 0 bridgehead atoms. The van der Waals surface area contributed by atoms with Crippen molar-refractivity contribution in [1.82, 2.24) is 9.88 Å². The van der Waals surface area contributed by atoms with Gasteiger partial charge in [0.15, 0.2) is 0 Å². The van der Waals surface area contributed by atoms with Crippen molar-refractivity contribution in [2.75, 3.05) is 19.6 Å². The summed E-state index contributed by atoms with van der Waals surface area (Å²) in [6.07, 6.45) is 1.17. The average molecular weight is 283 g/mol. The van der Waals surface area contributed by atoms with Crippen LogP contribution >= 0.6 is 11.3 Å². The molecule has 19 heavy (non-hydrogen) atoms. The van der Waals surface area contributed by atoms with E-state index in [0.29, 0.717) is 5.92 Å². The highest BCUT2D eigenvalue weighted by atomic mass is 32.1. The van der Waals surface area contributed by atoms with Gasteiger partial charge in [-0.15, -0.1) is 11.3 Å². The summed E-state index contributed by atoms with van der Waals surface area (Å²) >= 11 is 1.78. The van der Waals surface area contributed by atoms with Crippen LogP contribution in [-0.2, 0) is 6.54 Å². The number of hydrogen-bond donors (Lipinski definition) is 1. The van der Waals surface area contributed by atoms with E-state index in [-0.39, 0.29) is 5.41 Å². The molecule has 0 aromatic carbocycles. The van der Waals surface area contributed by atoms with E-state index < -0.39 is 0 Å². The predicted octanol–water partition coefficient (Wildman–Crippen LogP) is 3.46. The third kappa shape index (κ3) is 5.59. The first-order chi connectivity index (χ1) is 8.88. The van der Waals surface area contributed by atoms with Crippen LogP contribution in [-0.4, -0.2) is 29.5 Å². The van der Waals surface area contributed by atoms with E-state index in [1.54, 1.807) is 11.3 Å². The summed E-state index contributed by atoms with van der Waals surface area (Å²) in [5.74, 6) is 0.527. The molecule has 3 nitrogen and oxygen atoms in total. The molecule has 0 saturated heterocycles. The molecule has 1 aromatic rings. The lowest BCUT2D eigenvalue weighted by Crippen LogP contribution is -2.38. The molecular weight excluding hydrogens is 254 g/mol. The van der Waals surface area contributed by atoms with Crippen LogP contribution in [0.15, 0.2) is 5.38 Å². The van der Waals surface area contributed by atoms with Gasteiger partial charge in [0.2, 0.25) is 0 Å². The third-order valence-electron chi connectivity index (χ3n) is 3.19. The van der Waals surface area contributed by atoms with Gasteiger partial charge in [0.25, 0.3) is 0 Å². The molecule has 1 rings (SSSR count). The van der Waals surface area contributed by atoms with Crippen molar-refractivity contribution >= 4 is 11.3 Å². The summed E-state index contributed by atoms with van der Waals surface area (Å²) in [5, 5.41) is 3.44. The maximum atomic E-state index is 5.85. The van der Waals surface area contributed by atoms with Crippen LogP contribution in [0, 0.1) is 5.41 Å². The first-order valence-corrected chi connectivity index (χ1v) is 8.12. The van der Waals surface area contributed by atoms with Gasteiger partial charge >= 0.3 is 0 Å². The first kappa shape index (κ1) is 16.6. The van der Waals surface area contributed by atoms with Crippen LogP contribution < -0.4 is 5.73 Å². The second kappa shape index (κ2) is 7.36. The highest BCUT2D eigenvalue weighted by Gasteiger charge is 2.20. The number of nitrogens with two attached hydrogens (primary N) is 1. The number of aromatic nitrogens is 1. The van der Waals surface area contributed by atoms with Crippen molar-refractivity contribution in [3.63, 3.8) is 0 Å². The van der Waals surface area contributed by atoms with E-state index in [2.05, 4.69) is 44.9 Å². The Bertz CT molecular complexity index is 371. The molecule has 110 valence electrons. The fourth-order valence-electron chi connectivity index (χ4n) is 2.09. The van der Waals surface area contributed by atoms with Crippen LogP contribution in [0.25, 0.3) is 0 Å². The molecule has 2 N–H and O–H groups in total. The van der Waals surface area contributed by atoms with Crippen molar-refractivity contribution < 1.29 is 0 Å². The van der Waals surface area contributed by atoms with Crippen molar-refractivity contribution in [3.8, 4) is 0 Å². The Kier molecular flexibility index (Phi) is 6.43. The minimum Gasteiger partial charge on any atom is -0.330 e. The Morgan fingerprint density at radius 3 is 2.58 bits per heavy atom. The van der Waals surface area contributed by atoms with Crippen LogP contribution in [0.5, 0.6) is 0 Å². The molecule has 0 aliphatic rings. The lowest BCUT2D eigenvalue weighted by molar-refractivity contribution is 0.174. The van der Waals surface area contributed by atoms with E-state index in [9.17, 15) is 0 Å². The Morgan fingerprint density at radius 1 is 1.42 bits per heavy atom. The summed E-state index contributed by atoms with van der Waals surface area (Å²) in [5.41, 5.74) is 7.22. The molecule has 0 spiro atoms. The van der Waals surface area contributed by atoms with Crippen LogP contribution in [0.4, 0.5) is 0 Å². The fourth-order valence-corrected chi connectivity index (χ4v) is 2.92. The molecule has 0 saturated carbocycles. The standard InChI is InChI=1S/C15H29N3S/c1-6-7-18(11-15(4,5)10-16)8-13-9-19-14(17-13)12(2)3/h9,12H,6-8,10-11,16H2,1-5H3. The molecule has 0 amide bonds. The molecule has 1 aromatic heterocycles. The van der Waals surface area contributed by atoms with Gasteiger partial charge in [-0.1, -0.05) is 34.6 Å². The highest BCUT2D eigenvalue weighted by molar-refractivity contribution is 7.09. The van der Waals surface area contributed by atoms with E-state index >= 15 is 0 Å². The smallest absolute Gasteiger partial charge is 0.0954 e. The van der Waals surface area contributed by atoms with E-state index in [1.165, 1.54) is 17.1 Å². The monoisotopic (exact) mass is 283 g/mol. The zero-order chi connectivity index (χ0) is 14.5. The summed E-state index contributed by atoms with van der Waals surface area (Å²) in [4.78, 5) is 7.21. The molecular formula is C15H29N3S. The molecule has 0 fully saturated rings. The lowest BCUT2D eigenvalue weighted by atomic mass is 9.93. The molecule has 0 aliphatic carbocycles. The van der Waals surface area contributed by atoms with Gasteiger partial charge in [0.1, 0.15) is 0 Å². The van der Waals surface area contributed by atoms with Gasteiger partial charge in [-0.25, -0.2) is 4.98 Å². The first-order valence-electron chi connectivity index (χ1n) is 7.24. The second-order valence-electron chi connectivity index (χ2n) is 6.41. The highest BCUT2D eigenvalue weighted by Crippen LogP contribution is 2.21. The van der Waals surface area contributed by atoms with E-state index in [4.69, 9.17) is 10.7 Å². The minimum atomic E-state index is 0.173. The van der Waals surface area contributed by atoms with Gasteiger partial charge in [0.05, 0.1) is 10.7 Å². The normalized spacial score (nSPS) is 12.6. The van der Waals surface area contributed by atoms with Gasteiger partial charge in [-0.05, 0) is 24.9 Å². The fraction of sp³-hybridized carbons (Fsp3) is 0.800. The van der Waals surface area contributed by atoms with Crippen LogP contribution in [0.2, 0.25) is 0 Å². The number of thiazole rings is 1. The van der Waals surface area contributed by atoms with Gasteiger partial charge < -0.3 is 5.73 Å². The van der Waals surface area contributed by atoms with Gasteiger partial charge in [-0.3, -0.25) is 4.90 Å². The molecule has 4 heteroatoms. The predicted molar refractivity (Wildman–Crippen MR) is 84.6 cm³/mol. The van der Waals surface area contributed by atoms with E-state index in [0.717, 1.165) is 26.2 Å². The zero-order valence-corrected chi connectivity index (χ0v) is 13.9. The van der Waals surface area contributed by atoms with Crippen LogP contribution in [0.1, 0.15) is 57.7 Å². The minimum absolute atomic E-state index is 0.173. The van der Waals surface area contributed by atoms with E-state index in [1.807, 2.05) is 0 Å². The van der Waals surface area contributed by atoms with Crippen LogP contribution in [0.3, 0.4) is 0 Å². The lowest BCUT2D eigenvalue weighted by Gasteiger charge is -2.31. The maximum Gasteiger partial charge on any atom is 0.0954 e. The largest absolute Gasteiger partial charge is 0.330 e. The number of rotatable bonds is 8. The Morgan fingerprint density at radius 2 is 2.11 bits per heavy atom. The van der Waals surface area contributed by atoms with Crippen molar-refractivity contribution in [3.05, 3.63) is 16.1 Å². The Hall–Kier alpha value is -0.450. The Labute approximate surface area is 122 Å². The zero-order valence-electron chi connectivity index (χ0n) is 13.1. The van der Waals surface area contributed by atoms with Crippen molar-refractivity contribution in [2.24, 2.45) is 11.1 Å². The SMILES string of the molecule is CCCN(Cc1csc(C(C)C)n1)CC(C)(C)CN. The summed E-state index contributed by atoms with van der Waals surface area (Å²) in [6.45, 7) is 14.9. The topological polar surface area (TPSA) is 42.2 Å². The summed E-state index contributed by atoms with van der Waals surface area (Å²) < 4.78 is 0. The number of hydrogen-bond acceptors (Lipinski definition) is 4. The van der Waals surface area contributed by atoms with Crippen molar-refractivity contribution in [1.29, 1.82) is 0 Å². The summed E-state index contributed by atoms with van der Waals surface area (Å²) in [6, 6.07) is 0. The molecule has 0 aliphatic heterocycles. The molecule has 0 atom stereocenters. The third-order valence-corrected chi connectivity index (χ3v) is 4.39. The summed E-state index contributed by atoms with van der Waals surface area (Å²) in [7, 11) is 0. The second-order valence-corrected chi connectivity index (χ2v) is 7.30. The van der Waals surface area contributed by atoms with Crippen molar-refractivity contribution in [2.45, 2.75) is 53.5 Å². The molecule has 0 unspecified atom stereocenters. The molecule has 0 radical (unpaired) electrons. The molecule has 1 heterocycles. The maximum absolute atomic E-state index is 5.85. The average Bonchev–Trinajstić information content (AvgIpc) is 2.77. The van der Waals surface area contributed by atoms with Gasteiger partial charge in [0, 0.05) is 24.4 Å². The quantitative estimate of drug-likeness (QED) is 0.794.